The molecule has 1 saturated heterocycles. The average molecular weight is 223 g/mol. The minimum atomic E-state index is 0.764. The molecule has 1 N–H and O–H groups in total. The van der Waals surface area contributed by atoms with Crippen molar-refractivity contribution in [2.45, 2.75) is 45.1 Å². The molecule has 2 heteroatoms. The number of ether oxygens (including phenoxy) is 1. The van der Waals surface area contributed by atoms with Crippen molar-refractivity contribution >= 4 is 0 Å². The zero-order valence-corrected chi connectivity index (χ0v) is 10.5. The highest BCUT2D eigenvalue weighted by Gasteiger charge is 2.56. The molecule has 0 bridgehead atoms. The van der Waals surface area contributed by atoms with Gasteiger partial charge in [0.15, 0.2) is 0 Å². The van der Waals surface area contributed by atoms with Crippen LogP contribution in [0.15, 0.2) is 0 Å². The van der Waals surface area contributed by atoms with Crippen LogP contribution in [0, 0.1) is 23.7 Å². The van der Waals surface area contributed by atoms with Crippen molar-refractivity contribution in [3.05, 3.63) is 0 Å². The van der Waals surface area contributed by atoms with E-state index in [0.29, 0.717) is 0 Å². The lowest BCUT2D eigenvalue weighted by atomic mass is 9.87. The van der Waals surface area contributed by atoms with Crippen LogP contribution in [0.4, 0.5) is 0 Å². The molecule has 2 saturated carbocycles. The highest BCUT2D eigenvalue weighted by Crippen LogP contribution is 2.60. The molecule has 3 aliphatic rings. The molecule has 1 aliphatic heterocycles. The zero-order valence-electron chi connectivity index (χ0n) is 10.5. The van der Waals surface area contributed by atoms with Crippen molar-refractivity contribution in [2.24, 2.45) is 23.7 Å². The molecule has 0 aromatic heterocycles. The van der Waals surface area contributed by atoms with E-state index < -0.39 is 0 Å². The van der Waals surface area contributed by atoms with Gasteiger partial charge in [-0.1, -0.05) is 13.3 Å². The molecule has 2 nitrogen and oxygen atoms in total. The molecule has 16 heavy (non-hydrogen) atoms. The Morgan fingerprint density at radius 2 is 2.00 bits per heavy atom. The fraction of sp³-hybridized carbons (Fsp3) is 1.00. The quantitative estimate of drug-likeness (QED) is 0.790. The lowest BCUT2D eigenvalue weighted by Crippen LogP contribution is -2.42. The molecule has 2 aliphatic carbocycles. The van der Waals surface area contributed by atoms with Crippen molar-refractivity contribution in [3.8, 4) is 0 Å². The van der Waals surface area contributed by atoms with E-state index in [9.17, 15) is 0 Å². The summed E-state index contributed by atoms with van der Waals surface area (Å²) in [5.74, 6) is 3.95. The van der Waals surface area contributed by atoms with Gasteiger partial charge in [0.1, 0.15) is 0 Å². The van der Waals surface area contributed by atoms with Gasteiger partial charge in [-0.25, -0.2) is 0 Å². The van der Waals surface area contributed by atoms with Crippen LogP contribution in [0.2, 0.25) is 0 Å². The minimum Gasteiger partial charge on any atom is -0.381 e. The fourth-order valence-corrected chi connectivity index (χ4v) is 4.31. The second kappa shape index (κ2) is 4.66. The summed E-state index contributed by atoms with van der Waals surface area (Å²) >= 11 is 0. The fourth-order valence-electron chi connectivity index (χ4n) is 4.31. The Morgan fingerprint density at radius 3 is 2.62 bits per heavy atom. The Bertz CT molecular complexity index is 225. The predicted molar refractivity (Wildman–Crippen MR) is 65.3 cm³/mol. The first-order chi connectivity index (χ1) is 7.92. The van der Waals surface area contributed by atoms with Gasteiger partial charge in [-0.15, -0.1) is 0 Å². The van der Waals surface area contributed by atoms with Gasteiger partial charge in [0.25, 0.3) is 0 Å². The Labute approximate surface area is 99.1 Å². The van der Waals surface area contributed by atoms with Crippen LogP contribution in [0.1, 0.15) is 39.0 Å². The zero-order chi connectivity index (χ0) is 11.0. The van der Waals surface area contributed by atoms with Gasteiger partial charge < -0.3 is 10.1 Å². The largest absolute Gasteiger partial charge is 0.381 e. The Balaban J connectivity index is 1.62. The third-order valence-electron chi connectivity index (χ3n) is 5.03. The van der Waals surface area contributed by atoms with E-state index in [-0.39, 0.29) is 0 Å². The number of fused-ring (bicyclic) bond motifs is 1. The van der Waals surface area contributed by atoms with Gasteiger partial charge in [-0.3, -0.25) is 0 Å². The van der Waals surface area contributed by atoms with Crippen LogP contribution < -0.4 is 5.32 Å². The number of nitrogens with one attached hydrogen (secondary N) is 1. The van der Waals surface area contributed by atoms with Crippen LogP contribution in [-0.2, 0) is 4.74 Å². The first-order valence-electron chi connectivity index (χ1n) is 7.23. The van der Waals surface area contributed by atoms with Crippen molar-refractivity contribution < 1.29 is 4.74 Å². The average Bonchev–Trinajstić information content (AvgIpc) is 2.80. The van der Waals surface area contributed by atoms with Gasteiger partial charge in [0.2, 0.25) is 0 Å². The molecular weight excluding hydrogens is 198 g/mol. The summed E-state index contributed by atoms with van der Waals surface area (Å²) < 4.78 is 5.67. The first-order valence-corrected chi connectivity index (χ1v) is 7.23. The van der Waals surface area contributed by atoms with Crippen molar-refractivity contribution in [3.63, 3.8) is 0 Å². The molecule has 0 amide bonds. The molecule has 1 heterocycles. The normalized spacial score (nSPS) is 44.1. The molecule has 3 fully saturated rings. The molecule has 0 radical (unpaired) electrons. The van der Waals surface area contributed by atoms with Gasteiger partial charge >= 0.3 is 0 Å². The highest BCUT2D eigenvalue weighted by atomic mass is 16.5. The Hall–Kier alpha value is -0.0800. The molecular formula is C14H25NO. The van der Waals surface area contributed by atoms with Gasteiger partial charge in [-0.05, 0) is 55.9 Å². The third-order valence-corrected chi connectivity index (χ3v) is 5.03. The van der Waals surface area contributed by atoms with Crippen LogP contribution in [0.5, 0.6) is 0 Å². The van der Waals surface area contributed by atoms with Crippen molar-refractivity contribution in [1.29, 1.82) is 0 Å². The van der Waals surface area contributed by atoms with Crippen LogP contribution in [0.3, 0.4) is 0 Å². The summed E-state index contributed by atoms with van der Waals surface area (Å²) in [5.41, 5.74) is 0. The van der Waals surface area contributed by atoms with Gasteiger partial charge in [-0.2, -0.15) is 0 Å². The molecule has 92 valence electrons. The van der Waals surface area contributed by atoms with Gasteiger partial charge in [0.05, 0.1) is 6.61 Å². The number of rotatable bonds is 4. The maximum atomic E-state index is 5.67. The summed E-state index contributed by atoms with van der Waals surface area (Å²) in [4.78, 5) is 0. The van der Waals surface area contributed by atoms with Gasteiger partial charge in [0, 0.05) is 12.6 Å². The lowest BCUT2D eigenvalue weighted by Gasteiger charge is -2.32. The summed E-state index contributed by atoms with van der Waals surface area (Å²) in [6.07, 6.45) is 7.16. The predicted octanol–water partition coefficient (Wildman–Crippen LogP) is 2.44. The molecule has 4 unspecified atom stereocenters. The maximum Gasteiger partial charge on any atom is 0.0509 e. The van der Waals surface area contributed by atoms with E-state index in [2.05, 4.69) is 12.2 Å². The first kappa shape index (κ1) is 11.0. The highest BCUT2D eigenvalue weighted by molar-refractivity contribution is 5.07. The summed E-state index contributed by atoms with van der Waals surface area (Å²) in [5, 5.41) is 3.76. The number of hydrogen-bond acceptors (Lipinski definition) is 2. The van der Waals surface area contributed by atoms with E-state index in [4.69, 9.17) is 4.74 Å². The van der Waals surface area contributed by atoms with E-state index in [1.165, 1.54) is 32.1 Å². The van der Waals surface area contributed by atoms with Crippen molar-refractivity contribution in [1.82, 2.24) is 5.32 Å². The molecule has 0 aromatic rings. The van der Waals surface area contributed by atoms with E-state index in [0.717, 1.165) is 49.5 Å². The summed E-state index contributed by atoms with van der Waals surface area (Å²) in [6.45, 7) is 5.37. The topological polar surface area (TPSA) is 21.3 Å². The molecule has 3 rings (SSSR count). The molecule has 0 spiro atoms. The standard InChI is InChI=1S/C14H25NO/c1-2-15-14(10-5-4-8-16-9-10)13-11-6-3-7-12(11)13/h10-15H,2-9H2,1H3. The summed E-state index contributed by atoms with van der Waals surface area (Å²) in [6, 6.07) is 0.764. The second-order valence-corrected chi connectivity index (χ2v) is 5.90. The number of hydrogen-bond donors (Lipinski definition) is 1. The van der Waals surface area contributed by atoms with E-state index in [1.807, 2.05) is 0 Å². The SMILES string of the molecule is CCNC(C1CCCOC1)C1C2CCCC21. The maximum absolute atomic E-state index is 5.67. The Morgan fingerprint density at radius 1 is 1.19 bits per heavy atom. The van der Waals surface area contributed by atoms with Crippen LogP contribution >= 0.6 is 0 Å². The summed E-state index contributed by atoms with van der Waals surface area (Å²) in [7, 11) is 0. The van der Waals surface area contributed by atoms with Crippen LogP contribution in [-0.4, -0.2) is 25.8 Å². The minimum absolute atomic E-state index is 0.764. The lowest BCUT2D eigenvalue weighted by molar-refractivity contribution is 0.0338. The Kier molecular flexibility index (Phi) is 3.21. The van der Waals surface area contributed by atoms with Crippen molar-refractivity contribution in [2.75, 3.05) is 19.8 Å². The van der Waals surface area contributed by atoms with Crippen LogP contribution in [0.25, 0.3) is 0 Å². The molecule has 0 aromatic carbocycles. The smallest absolute Gasteiger partial charge is 0.0509 e. The molecule has 4 atom stereocenters. The van der Waals surface area contributed by atoms with E-state index >= 15 is 0 Å². The second-order valence-electron chi connectivity index (χ2n) is 5.90. The monoisotopic (exact) mass is 223 g/mol. The third kappa shape index (κ3) is 1.91. The van der Waals surface area contributed by atoms with E-state index in [1.54, 1.807) is 0 Å².